The van der Waals surface area contributed by atoms with Crippen LogP contribution < -0.4 is 5.32 Å². The molecule has 1 heterocycles. The van der Waals surface area contributed by atoms with Crippen molar-refractivity contribution in [3.63, 3.8) is 0 Å². The number of aromatic amines is 1. The lowest BCUT2D eigenvalue weighted by molar-refractivity contribution is 0.224. The summed E-state index contributed by atoms with van der Waals surface area (Å²) in [5.74, 6) is 0.638. The molecular formula is C16H24ClN3. The van der Waals surface area contributed by atoms with Gasteiger partial charge in [-0.15, -0.1) is 0 Å². The summed E-state index contributed by atoms with van der Waals surface area (Å²) in [6, 6.07) is 6.54. The summed E-state index contributed by atoms with van der Waals surface area (Å²) in [5.41, 5.74) is 2.39. The Bertz CT molecular complexity index is 552. The normalized spacial score (nSPS) is 13.6. The van der Waals surface area contributed by atoms with Gasteiger partial charge in [0.2, 0.25) is 0 Å². The Labute approximate surface area is 126 Å². The van der Waals surface area contributed by atoms with Crippen LogP contribution in [0.25, 0.3) is 10.9 Å². The molecule has 0 spiro atoms. The molecule has 4 heteroatoms. The van der Waals surface area contributed by atoms with Crippen molar-refractivity contribution in [2.45, 2.75) is 26.4 Å². The maximum atomic E-state index is 6.00. The largest absolute Gasteiger partial charge is 0.361 e. The molecule has 1 atom stereocenters. The number of hydrogen-bond donors (Lipinski definition) is 2. The van der Waals surface area contributed by atoms with Crippen molar-refractivity contribution < 1.29 is 0 Å². The van der Waals surface area contributed by atoms with Crippen LogP contribution in [0.2, 0.25) is 5.02 Å². The van der Waals surface area contributed by atoms with Gasteiger partial charge in [-0.25, -0.2) is 0 Å². The summed E-state index contributed by atoms with van der Waals surface area (Å²) < 4.78 is 0. The van der Waals surface area contributed by atoms with Crippen molar-refractivity contribution in [3.05, 3.63) is 35.0 Å². The van der Waals surface area contributed by atoms with Gasteiger partial charge in [-0.3, -0.25) is 0 Å². The molecule has 0 fully saturated rings. The highest BCUT2D eigenvalue weighted by atomic mass is 35.5. The lowest BCUT2D eigenvalue weighted by Gasteiger charge is -2.28. The Morgan fingerprint density at radius 1 is 1.30 bits per heavy atom. The van der Waals surface area contributed by atoms with E-state index in [9.17, 15) is 0 Å². The van der Waals surface area contributed by atoms with Gasteiger partial charge in [0.25, 0.3) is 0 Å². The first-order chi connectivity index (χ1) is 9.49. The monoisotopic (exact) mass is 293 g/mol. The third-order valence-corrected chi connectivity index (χ3v) is 4.07. The van der Waals surface area contributed by atoms with E-state index in [0.717, 1.165) is 23.6 Å². The van der Waals surface area contributed by atoms with E-state index in [4.69, 9.17) is 11.6 Å². The van der Waals surface area contributed by atoms with Crippen molar-refractivity contribution in [1.82, 2.24) is 15.2 Å². The second kappa shape index (κ2) is 6.61. The molecular weight excluding hydrogens is 270 g/mol. The number of rotatable bonds is 6. The molecule has 0 aliphatic carbocycles. The third kappa shape index (κ3) is 3.54. The number of aromatic nitrogens is 1. The summed E-state index contributed by atoms with van der Waals surface area (Å²) in [5, 5.41) is 5.58. The second-order valence-corrected chi connectivity index (χ2v) is 6.35. The van der Waals surface area contributed by atoms with Gasteiger partial charge in [0.1, 0.15) is 0 Å². The van der Waals surface area contributed by atoms with Gasteiger partial charge < -0.3 is 15.2 Å². The molecule has 0 radical (unpaired) electrons. The van der Waals surface area contributed by atoms with E-state index in [0.29, 0.717) is 12.0 Å². The number of fused-ring (bicyclic) bond motifs is 1. The Kier molecular flexibility index (Phi) is 5.08. The molecule has 1 unspecified atom stereocenters. The van der Waals surface area contributed by atoms with Crippen molar-refractivity contribution in [2.24, 2.45) is 5.92 Å². The van der Waals surface area contributed by atoms with Gasteiger partial charge in [-0.05, 0) is 37.7 Å². The second-order valence-electron chi connectivity index (χ2n) is 5.91. The Morgan fingerprint density at radius 3 is 2.70 bits per heavy atom. The number of halogens is 1. The fourth-order valence-corrected chi connectivity index (χ4v) is 2.85. The number of likely N-dealkylation sites (N-methyl/N-ethyl adjacent to an activating group) is 1. The molecule has 3 nitrogen and oxygen atoms in total. The maximum Gasteiger partial charge on any atom is 0.0472 e. The van der Waals surface area contributed by atoms with Gasteiger partial charge in [-0.1, -0.05) is 31.5 Å². The van der Waals surface area contributed by atoms with E-state index >= 15 is 0 Å². The van der Waals surface area contributed by atoms with E-state index in [2.05, 4.69) is 55.4 Å². The van der Waals surface area contributed by atoms with Gasteiger partial charge in [0.15, 0.2) is 0 Å². The number of benzene rings is 1. The zero-order valence-corrected chi connectivity index (χ0v) is 13.5. The summed E-state index contributed by atoms with van der Waals surface area (Å²) in [7, 11) is 4.28. The highest BCUT2D eigenvalue weighted by molar-refractivity contribution is 6.31. The highest BCUT2D eigenvalue weighted by Gasteiger charge is 2.15. The molecule has 2 N–H and O–H groups in total. The summed E-state index contributed by atoms with van der Waals surface area (Å²) in [6.45, 7) is 6.39. The topological polar surface area (TPSA) is 31.1 Å². The minimum atomic E-state index is 0.551. The van der Waals surface area contributed by atoms with Crippen LogP contribution in [0.15, 0.2) is 24.4 Å². The number of H-pyrrole nitrogens is 1. The number of hydrogen-bond acceptors (Lipinski definition) is 2. The molecule has 0 aliphatic heterocycles. The fraction of sp³-hybridized carbons (Fsp3) is 0.500. The first-order valence-corrected chi connectivity index (χ1v) is 7.49. The molecule has 110 valence electrons. The van der Waals surface area contributed by atoms with Crippen LogP contribution in [0, 0.1) is 5.92 Å². The van der Waals surface area contributed by atoms with Gasteiger partial charge in [0, 0.05) is 41.3 Å². The molecule has 0 aliphatic rings. The Hall–Kier alpha value is -1.03. The van der Waals surface area contributed by atoms with Crippen LogP contribution in [0.1, 0.15) is 19.4 Å². The fourth-order valence-electron chi connectivity index (χ4n) is 2.67. The average Bonchev–Trinajstić information content (AvgIpc) is 2.76. The van der Waals surface area contributed by atoms with Crippen molar-refractivity contribution in [1.29, 1.82) is 0 Å². The minimum Gasteiger partial charge on any atom is -0.361 e. The SMILES string of the molecule is CC(C)C(CNCc1c[nH]c2cc(Cl)ccc12)N(C)C. The predicted molar refractivity (Wildman–Crippen MR) is 87.3 cm³/mol. The highest BCUT2D eigenvalue weighted by Crippen LogP contribution is 2.21. The summed E-state index contributed by atoms with van der Waals surface area (Å²) >= 11 is 6.00. The van der Waals surface area contributed by atoms with E-state index in [1.165, 1.54) is 10.9 Å². The van der Waals surface area contributed by atoms with Crippen molar-refractivity contribution in [3.8, 4) is 0 Å². The first-order valence-electron chi connectivity index (χ1n) is 7.11. The zero-order valence-electron chi connectivity index (χ0n) is 12.7. The molecule has 2 aromatic rings. The van der Waals surface area contributed by atoms with Gasteiger partial charge in [-0.2, -0.15) is 0 Å². The molecule has 0 bridgehead atoms. The van der Waals surface area contributed by atoms with Gasteiger partial charge in [0.05, 0.1) is 0 Å². The quantitative estimate of drug-likeness (QED) is 0.854. The van der Waals surface area contributed by atoms with E-state index < -0.39 is 0 Å². The zero-order chi connectivity index (χ0) is 14.7. The maximum absolute atomic E-state index is 6.00. The summed E-state index contributed by atoms with van der Waals surface area (Å²) in [6.07, 6.45) is 2.06. The van der Waals surface area contributed by atoms with Gasteiger partial charge >= 0.3 is 0 Å². The van der Waals surface area contributed by atoms with Crippen molar-refractivity contribution in [2.75, 3.05) is 20.6 Å². The smallest absolute Gasteiger partial charge is 0.0472 e. The van der Waals surface area contributed by atoms with Crippen LogP contribution in [-0.2, 0) is 6.54 Å². The van der Waals surface area contributed by atoms with Crippen LogP contribution in [-0.4, -0.2) is 36.6 Å². The lowest BCUT2D eigenvalue weighted by Crippen LogP contribution is -2.41. The molecule has 2 rings (SSSR count). The molecule has 1 aromatic carbocycles. The number of nitrogens with one attached hydrogen (secondary N) is 2. The van der Waals surface area contributed by atoms with Crippen LogP contribution in [0.5, 0.6) is 0 Å². The Balaban J connectivity index is 1.99. The van der Waals surface area contributed by atoms with Crippen molar-refractivity contribution >= 4 is 22.5 Å². The molecule has 0 amide bonds. The van der Waals surface area contributed by atoms with E-state index in [1.54, 1.807) is 0 Å². The molecule has 0 saturated heterocycles. The van der Waals surface area contributed by atoms with E-state index in [-0.39, 0.29) is 0 Å². The molecule has 0 saturated carbocycles. The standard InChI is InChI=1S/C16H24ClN3/c1-11(2)16(20(3)4)10-18-8-12-9-19-15-7-13(17)5-6-14(12)15/h5-7,9,11,16,18-19H,8,10H2,1-4H3. The van der Waals surface area contributed by atoms with E-state index in [1.807, 2.05) is 12.1 Å². The van der Waals surface area contributed by atoms with Crippen LogP contribution >= 0.6 is 11.6 Å². The third-order valence-electron chi connectivity index (χ3n) is 3.83. The predicted octanol–water partition coefficient (Wildman–Crippen LogP) is 3.50. The van der Waals surface area contributed by atoms with Crippen LogP contribution in [0.3, 0.4) is 0 Å². The van der Waals surface area contributed by atoms with Crippen LogP contribution in [0.4, 0.5) is 0 Å². The summed E-state index contributed by atoms with van der Waals surface area (Å²) in [4.78, 5) is 5.56. The number of nitrogens with zero attached hydrogens (tertiary/aromatic N) is 1. The first kappa shape index (κ1) is 15.4. The molecule has 20 heavy (non-hydrogen) atoms. The molecule has 1 aromatic heterocycles. The lowest BCUT2D eigenvalue weighted by atomic mass is 10.0. The average molecular weight is 294 g/mol. The minimum absolute atomic E-state index is 0.551. The Morgan fingerprint density at radius 2 is 2.05 bits per heavy atom.